The SMILES string of the molecule is Cc1cc(C)cc(CN2C(=O)NC3(CCNC3)C2=O)c1. The summed E-state index contributed by atoms with van der Waals surface area (Å²) in [6, 6.07) is 5.84. The lowest BCUT2D eigenvalue weighted by atomic mass is 9.99. The first-order chi connectivity index (χ1) is 9.50. The van der Waals surface area contributed by atoms with Crippen molar-refractivity contribution < 1.29 is 9.59 Å². The number of urea groups is 1. The number of carbonyl (C=O) groups excluding carboxylic acids is 2. The molecule has 2 N–H and O–H groups in total. The Balaban J connectivity index is 1.84. The summed E-state index contributed by atoms with van der Waals surface area (Å²) in [6.07, 6.45) is 0.668. The van der Waals surface area contributed by atoms with E-state index in [1.54, 1.807) is 0 Å². The van der Waals surface area contributed by atoms with Crippen molar-refractivity contribution in [2.24, 2.45) is 0 Å². The van der Waals surface area contributed by atoms with Gasteiger partial charge in [-0.1, -0.05) is 29.3 Å². The van der Waals surface area contributed by atoms with E-state index in [2.05, 4.69) is 16.7 Å². The highest BCUT2D eigenvalue weighted by atomic mass is 16.2. The molecule has 2 heterocycles. The van der Waals surface area contributed by atoms with Crippen molar-refractivity contribution in [1.82, 2.24) is 15.5 Å². The fraction of sp³-hybridized carbons (Fsp3) is 0.467. The molecule has 1 aromatic carbocycles. The molecule has 1 unspecified atom stereocenters. The van der Waals surface area contributed by atoms with Crippen LogP contribution in [0.15, 0.2) is 18.2 Å². The lowest BCUT2D eigenvalue weighted by Crippen LogP contribution is -2.48. The Hall–Kier alpha value is -1.88. The average molecular weight is 273 g/mol. The molecule has 2 aliphatic rings. The maximum Gasteiger partial charge on any atom is 0.325 e. The zero-order valence-corrected chi connectivity index (χ0v) is 11.8. The Morgan fingerprint density at radius 1 is 1.20 bits per heavy atom. The van der Waals surface area contributed by atoms with Gasteiger partial charge in [-0.25, -0.2) is 4.79 Å². The Morgan fingerprint density at radius 3 is 2.50 bits per heavy atom. The second-order valence-corrected chi connectivity index (χ2v) is 5.83. The van der Waals surface area contributed by atoms with Gasteiger partial charge in [-0.3, -0.25) is 9.69 Å². The summed E-state index contributed by atoms with van der Waals surface area (Å²) in [5, 5.41) is 6.00. The second kappa shape index (κ2) is 4.59. The standard InChI is InChI=1S/C15H19N3O2/c1-10-5-11(2)7-12(6-10)8-18-13(19)15(17-14(18)20)3-4-16-9-15/h5-7,16H,3-4,8-9H2,1-2H3,(H,17,20). The molecule has 3 rings (SSSR count). The summed E-state index contributed by atoms with van der Waals surface area (Å²) in [7, 11) is 0. The van der Waals surface area contributed by atoms with Gasteiger partial charge in [-0.2, -0.15) is 0 Å². The summed E-state index contributed by atoms with van der Waals surface area (Å²) in [5.74, 6) is -0.105. The summed E-state index contributed by atoms with van der Waals surface area (Å²) in [5.41, 5.74) is 2.57. The maximum absolute atomic E-state index is 12.5. The first-order valence-corrected chi connectivity index (χ1v) is 6.92. The molecule has 0 saturated carbocycles. The Kier molecular flexibility index (Phi) is 3.01. The molecule has 0 radical (unpaired) electrons. The molecule has 2 aliphatic heterocycles. The van der Waals surface area contributed by atoms with Crippen LogP contribution in [-0.2, 0) is 11.3 Å². The number of hydrogen-bond donors (Lipinski definition) is 2. The van der Waals surface area contributed by atoms with Crippen molar-refractivity contribution in [2.45, 2.75) is 32.4 Å². The third-order valence-corrected chi connectivity index (χ3v) is 4.02. The van der Waals surface area contributed by atoms with Crippen LogP contribution in [0.1, 0.15) is 23.1 Å². The van der Waals surface area contributed by atoms with Crippen LogP contribution in [0.25, 0.3) is 0 Å². The normalized spacial score (nSPS) is 25.6. The van der Waals surface area contributed by atoms with E-state index in [9.17, 15) is 9.59 Å². The van der Waals surface area contributed by atoms with Crippen molar-refractivity contribution in [3.05, 3.63) is 34.9 Å². The number of amides is 3. The molecular formula is C15H19N3O2. The highest BCUT2D eigenvalue weighted by Crippen LogP contribution is 2.25. The van der Waals surface area contributed by atoms with Gasteiger partial charge in [0.05, 0.1) is 6.54 Å². The number of carbonyl (C=O) groups is 2. The van der Waals surface area contributed by atoms with E-state index in [1.165, 1.54) is 4.90 Å². The molecule has 1 aromatic rings. The molecule has 0 aromatic heterocycles. The molecule has 1 atom stereocenters. The molecule has 5 heteroatoms. The van der Waals surface area contributed by atoms with Gasteiger partial charge in [0, 0.05) is 6.54 Å². The molecule has 2 fully saturated rings. The van der Waals surface area contributed by atoms with Gasteiger partial charge in [0.15, 0.2) is 0 Å². The maximum atomic E-state index is 12.5. The largest absolute Gasteiger partial charge is 0.325 e. The summed E-state index contributed by atoms with van der Waals surface area (Å²) < 4.78 is 0. The molecule has 3 amide bonds. The number of rotatable bonds is 2. The van der Waals surface area contributed by atoms with Gasteiger partial charge >= 0.3 is 6.03 Å². The van der Waals surface area contributed by atoms with Crippen molar-refractivity contribution in [2.75, 3.05) is 13.1 Å². The number of imide groups is 1. The molecule has 0 aliphatic carbocycles. The summed E-state index contributed by atoms with van der Waals surface area (Å²) >= 11 is 0. The lowest BCUT2D eigenvalue weighted by Gasteiger charge is -2.19. The fourth-order valence-corrected chi connectivity index (χ4v) is 3.14. The van der Waals surface area contributed by atoms with Crippen LogP contribution in [0.3, 0.4) is 0 Å². The van der Waals surface area contributed by atoms with Crippen LogP contribution < -0.4 is 10.6 Å². The minimum Gasteiger partial charge on any atom is -0.322 e. The van der Waals surface area contributed by atoms with E-state index in [4.69, 9.17) is 0 Å². The minimum atomic E-state index is -0.712. The number of benzene rings is 1. The van der Waals surface area contributed by atoms with E-state index in [-0.39, 0.29) is 11.9 Å². The first kappa shape index (κ1) is 13.1. The van der Waals surface area contributed by atoms with E-state index in [0.717, 1.165) is 23.2 Å². The van der Waals surface area contributed by atoms with Crippen LogP contribution in [-0.4, -0.2) is 35.5 Å². The van der Waals surface area contributed by atoms with Gasteiger partial charge in [0.1, 0.15) is 5.54 Å². The number of hydrogen-bond acceptors (Lipinski definition) is 3. The summed E-state index contributed by atoms with van der Waals surface area (Å²) in [6.45, 7) is 5.68. The molecule has 0 bridgehead atoms. The fourth-order valence-electron chi connectivity index (χ4n) is 3.14. The van der Waals surface area contributed by atoms with Crippen LogP contribution >= 0.6 is 0 Å². The average Bonchev–Trinajstić information content (AvgIpc) is 2.90. The van der Waals surface area contributed by atoms with Gasteiger partial charge in [-0.15, -0.1) is 0 Å². The zero-order chi connectivity index (χ0) is 14.3. The molecule has 1 spiro atoms. The van der Waals surface area contributed by atoms with Gasteiger partial charge in [0.25, 0.3) is 5.91 Å². The minimum absolute atomic E-state index is 0.105. The molecule has 106 valence electrons. The third kappa shape index (κ3) is 2.08. The second-order valence-electron chi connectivity index (χ2n) is 5.83. The quantitative estimate of drug-likeness (QED) is 0.793. The third-order valence-electron chi connectivity index (χ3n) is 4.02. The highest BCUT2D eigenvalue weighted by molar-refractivity contribution is 6.07. The summed E-state index contributed by atoms with van der Waals surface area (Å²) in [4.78, 5) is 25.9. The monoisotopic (exact) mass is 273 g/mol. The lowest BCUT2D eigenvalue weighted by molar-refractivity contribution is -0.131. The van der Waals surface area contributed by atoms with Crippen LogP contribution in [0, 0.1) is 13.8 Å². The Labute approximate surface area is 118 Å². The molecule has 5 nitrogen and oxygen atoms in total. The predicted molar refractivity (Wildman–Crippen MR) is 75.2 cm³/mol. The zero-order valence-electron chi connectivity index (χ0n) is 11.8. The van der Waals surface area contributed by atoms with Gasteiger partial charge in [-0.05, 0) is 32.4 Å². The highest BCUT2D eigenvalue weighted by Gasteiger charge is 2.52. The van der Waals surface area contributed by atoms with Crippen molar-refractivity contribution in [3.63, 3.8) is 0 Å². The van der Waals surface area contributed by atoms with E-state index >= 15 is 0 Å². The van der Waals surface area contributed by atoms with Crippen LogP contribution in [0.2, 0.25) is 0 Å². The van der Waals surface area contributed by atoms with E-state index in [0.29, 0.717) is 19.5 Å². The smallest absolute Gasteiger partial charge is 0.322 e. The van der Waals surface area contributed by atoms with Crippen LogP contribution in [0.5, 0.6) is 0 Å². The van der Waals surface area contributed by atoms with Crippen LogP contribution in [0.4, 0.5) is 4.79 Å². The van der Waals surface area contributed by atoms with Crippen molar-refractivity contribution in [3.8, 4) is 0 Å². The molecular weight excluding hydrogens is 254 g/mol. The predicted octanol–water partition coefficient (Wildman–Crippen LogP) is 1.09. The number of nitrogens with zero attached hydrogens (tertiary/aromatic N) is 1. The Morgan fingerprint density at radius 2 is 1.90 bits per heavy atom. The number of aryl methyl sites for hydroxylation is 2. The molecule has 20 heavy (non-hydrogen) atoms. The topological polar surface area (TPSA) is 61.4 Å². The van der Waals surface area contributed by atoms with Gasteiger partial charge in [0.2, 0.25) is 0 Å². The Bertz CT molecular complexity index is 556. The van der Waals surface area contributed by atoms with E-state index in [1.807, 2.05) is 26.0 Å². The van der Waals surface area contributed by atoms with E-state index < -0.39 is 5.54 Å². The van der Waals surface area contributed by atoms with Crippen molar-refractivity contribution >= 4 is 11.9 Å². The van der Waals surface area contributed by atoms with Crippen molar-refractivity contribution in [1.29, 1.82) is 0 Å². The molecule has 2 saturated heterocycles. The van der Waals surface area contributed by atoms with Gasteiger partial charge < -0.3 is 10.6 Å². The first-order valence-electron chi connectivity index (χ1n) is 6.92. The number of nitrogens with one attached hydrogen (secondary N) is 2.